The summed E-state index contributed by atoms with van der Waals surface area (Å²) in [4.78, 5) is 0. The van der Waals surface area contributed by atoms with Gasteiger partial charge in [0.25, 0.3) is 0 Å². The summed E-state index contributed by atoms with van der Waals surface area (Å²) in [5.41, 5.74) is 0.744. The smallest absolute Gasteiger partial charge is 0.0931 e. The lowest BCUT2D eigenvalue weighted by molar-refractivity contribution is 0.0736. The average Bonchev–Trinajstić information content (AvgIpc) is 1.94. The molecule has 0 aromatic carbocycles. The van der Waals surface area contributed by atoms with Gasteiger partial charge >= 0.3 is 0 Å². The molecule has 0 bridgehead atoms. The molecule has 0 unspecified atom stereocenters. The first-order valence-corrected chi connectivity index (χ1v) is 3.03. The number of ether oxygens (including phenoxy) is 1. The van der Waals surface area contributed by atoms with Crippen LogP contribution in [0.25, 0.3) is 0 Å². The maximum absolute atomic E-state index is 8.27. The second-order valence-electron chi connectivity index (χ2n) is 2.01. The van der Waals surface area contributed by atoms with E-state index >= 15 is 0 Å². The largest absolute Gasteiger partial charge is 0.373 e. The minimum absolute atomic E-state index is 0.448. The fourth-order valence-electron chi connectivity index (χ4n) is 0.765. The fourth-order valence-corrected chi connectivity index (χ4v) is 0.765. The minimum Gasteiger partial charge on any atom is -0.373 e. The average molecular weight is 139 g/mol. The number of rotatable bonds is 0. The SMILES string of the molecule is N#CC=C1COCCN1N. The molecule has 1 fully saturated rings. The third-order valence-corrected chi connectivity index (χ3v) is 1.33. The van der Waals surface area contributed by atoms with Crippen molar-refractivity contribution in [1.29, 1.82) is 5.26 Å². The van der Waals surface area contributed by atoms with E-state index in [1.54, 1.807) is 0 Å². The highest BCUT2D eigenvalue weighted by molar-refractivity contribution is 5.12. The van der Waals surface area contributed by atoms with Crippen molar-refractivity contribution < 1.29 is 4.74 Å². The molecule has 1 saturated heterocycles. The quantitative estimate of drug-likeness (QED) is 0.366. The number of morpholine rings is 1. The van der Waals surface area contributed by atoms with Crippen molar-refractivity contribution >= 4 is 0 Å². The lowest BCUT2D eigenvalue weighted by Gasteiger charge is -2.25. The van der Waals surface area contributed by atoms with Crippen molar-refractivity contribution in [2.45, 2.75) is 0 Å². The van der Waals surface area contributed by atoms with Gasteiger partial charge in [-0.3, -0.25) is 0 Å². The molecule has 0 saturated carbocycles. The van der Waals surface area contributed by atoms with Gasteiger partial charge in [-0.05, 0) is 0 Å². The second-order valence-corrected chi connectivity index (χ2v) is 2.01. The van der Waals surface area contributed by atoms with Crippen LogP contribution in [0.3, 0.4) is 0 Å². The molecule has 0 aromatic rings. The van der Waals surface area contributed by atoms with Crippen molar-refractivity contribution in [1.82, 2.24) is 5.01 Å². The van der Waals surface area contributed by atoms with Gasteiger partial charge in [0.05, 0.1) is 31.5 Å². The van der Waals surface area contributed by atoms with Gasteiger partial charge in [-0.1, -0.05) is 0 Å². The highest BCUT2D eigenvalue weighted by Crippen LogP contribution is 2.03. The lowest BCUT2D eigenvalue weighted by Crippen LogP contribution is -2.39. The normalized spacial score (nSPS) is 22.8. The Bertz CT molecular complexity index is 182. The van der Waals surface area contributed by atoms with Gasteiger partial charge in [0, 0.05) is 6.08 Å². The monoisotopic (exact) mass is 139 g/mol. The number of hydrogen-bond acceptors (Lipinski definition) is 4. The van der Waals surface area contributed by atoms with Crippen LogP contribution in [-0.4, -0.2) is 24.8 Å². The number of nitrogens with zero attached hydrogens (tertiary/aromatic N) is 2. The number of nitrogens with two attached hydrogens (primary N) is 1. The first-order chi connectivity index (χ1) is 4.84. The highest BCUT2D eigenvalue weighted by atomic mass is 16.5. The van der Waals surface area contributed by atoms with E-state index in [0.717, 1.165) is 5.70 Å². The summed E-state index contributed by atoms with van der Waals surface area (Å²) in [5.74, 6) is 5.50. The maximum atomic E-state index is 8.27. The van der Waals surface area contributed by atoms with Gasteiger partial charge < -0.3 is 9.75 Å². The van der Waals surface area contributed by atoms with E-state index < -0.39 is 0 Å². The maximum Gasteiger partial charge on any atom is 0.0931 e. The molecule has 0 aromatic heterocycles. The van der Waals surface area contributed by atoms with Crippen LogP contribution in [0.15, 0.2) is 11.8 Å². The standard InChI is InChI=1S/C6H9N3O/c7-2-1-6-5-10-4-3-9(6)8/h1H,3-5,8H2. The third kappa shape index (κ3) is 1.47. The van der Waals surface area contributed by atoms with Crippen LogP contribution < -0.4 is 5.84 Å². The fraction of sp³-hybridized carbons (Fsp3) is 0.500. The van der Waals surface area contributed by atoms with Crippen LogP contribution in [0.4, 0.5) is 0 Å². The lowest BCUT2D eigenvalue weighted by atomic mass is 10.3. The molecule has 1 heterocycles. The molecule has 0 amide bonds. The molecule has 1 aliphatic rings. The number of allylic oxidation sites excluding steroid dienone is 1. The summed E-state index contributed by atoms with van der Waals surface area (Å²) < 4.78 is 5.06. The predicted molar refractivity (Wildman–Crippen MR) is 35.4 cm³/mol. The van der Waals surface area contributed by atoms with E-state index in [2.05, 4.69) is 0 Å². The van der Waals surface area contributed by atoms with Crippen molar-refractivity contribution in [2.75, 3.05) is 19.8 Å². The Morgan fingerprint density at radius 3 is 3.20 bits per heavy atom. The van der Waals surface area contributed by atoms with E-state index in [1.165, 1.54) is 11.1 Å². The Labute approximate surface area is 59.4 Å². The van der Waals surface area contributed by atoms with Crippen LogP contribution in [0.1, 0.15) is 0 Å². The summed E-state index contributed by atoms with van der Waals surface area (Å²) in [5, 5.41) is 9.81. The van der Waals surface area contributed by atoms with Gasteiger partial charge in [0.2, 0.25) is 0 Å². The van der Waals surface area contributed by atoms with Crippen molar-refractivity contribution in [2.24, 2.45) is 5.84 Å². The molecule has 0 spiro atoms. The predicted octanol–water partition coefficient (Wildman–Crippen LogP) is -0.400. The summed E-state index contributed by atoms with van der Waals surface area (Å²) in [7, 11) is 0. The molecule has 54 valence electrons. The number of hydrazine groups is 1. The molecule has 0 atom stereocenters. The molecule has 2 N–H and O–H groups in total. The van der Waals surface area contributed by atoms with Crippen LogP contribution in [-0.2, 0) is 4.74 Å². The van der Waals surface area contributed by atoms with E-state index in [1.807, 2.05) is 6.07 Å². The Hall–Kier alpha value is -1.05. The Morgan fingerprint density at radius 2 is 2.60 bits per heavy atom. The van der Waals surface area contributed by atoms with Crippen LogP contribution in [0.5, 0.6) is 0 Å². The van der Waals surface area contributed by atoms with Crippen molar-refractivity contribution in [3.63, 3.8) is 0 Å². The summed E-state index contributed by atoms with van der Waals surface area (Å²) in [6, 6.07) is 1.90. The van der Waals surface area contributed by atoms with Gasteiger partial charge in [0.15, 0.2) is 0 Å². The summed E-state index contributed by atoms with van der Waals surface area (Å²) in [6.45, 7) is 1.75. The molecule has 10 heavy (non-hydrogen) atoms. The van der Waals surface area contributed by atoms with Gasteiger partial charge in [0.1, 0.15) is 0 Å². The van der Waals surface area contributed by atoms with E-state index in [9.17, 15) is 0 Å². The second kappa shape index (κ2) is 3.20. The number of nitriles is 1. The Morgan fingerprint density at radius 1 is 1.80 bits per heavy atom. The van der Waals surface area contributed by atoms with E-state index in [4.69, 9.17) is 15.8 Å². The number of hydrogen-bond donors (Lipinski definition) is 1. The van der Waals surface area contributed by atoms with Gasteiger partial charge in [-0.15, -0.1) is 0 Å². The molecule has 1 rings (SSSR count). The first kappa shape index (κ1) is 7.06. The van der Waals surface area contributed by atoms with E-state index in [-0.39, 0.29) is 0 Å². The first-order valence-electron chi connectivity index (χ1n) is 3.03. The van der Waals surface area contributed by atoms with Crippen LogP contribution in [0.2, 0.25) is 0 Å². The Balaban J connectivity index is 2.58. The highest BCUT2D eigenvalue weighted by Gasteiger charge is 2.10. The summed E-state index contributed by atoms with van der Waals surface area (Å²) in [6.07, 6.45) is 1.40. The topological polar surface area (TPSA) is 62.3 Å². The van der Waals surface area contributed by atoms with Crippen molar-refractivity contribution in [3.8, 4) is 6.07 Å². The zero-order valence-electron chi connectivity index (χ0n) is 5.58. The van der Waals surface area contributed by atoms with E-state index in [0.29, 0.717) is 19.8 Å². The minimum atomic E-state index is 0.448. The van der Waals surface area contributed by atoms with Crippen molar-refractivity contribution in [3.05, 3.63) is 11.8 Å². The summed E-state index contributed by atoms with van der Waals surface area (Å²) >= 11 is 0. The molecule has 4 nitrogen and oxygen atoms in total. The zero-order valence-corrected chi connectivity index (χ0v) is 5.58. The molecule has 0 radical (unpaired) electrons. The zero-order chi connectivity index (χ0) is 7.40. The van der Waals surface area contributed by atoms with Gasteiger partial charge in [-0.25, -0.2) is 5.84 Å². The van der Waals surface area contributed by atoms with Crippen LogP contribution >= 0.6 is 0 Å². The molecule has 4 heteroatoms. The molecular weight excluding hydrogens is 130 g/mol. The Kier molecular flexibility index (Phi) is 2.26. The molecule has 0 aliphatic carbocycles. The van der Waals surface area contributed by atoms with Gasteiger partial charge in [-0.2, -0.15) is 5.26 Å². The molecular formula is C6H9N3O. The van der Waals surface area contributed by atoms with Crippen LogP contribution in [0, 0.1) is 11.3 Å². The third-order valence-electron chi connectivity index (χ3n) is 1.33. The molecule has 1 aliphatic heterocycles.